The molecular weight excluding hydrogens is 474 g/mol. The van der Waals surface area contributed by atoms with Crippen LogP contribution in [0.3, 0.4) is 0 Å². The number of hydrogen-bond acceptors (Lipinski definition) is 6. The molecule has 12 heteroatoms. The first-order valence-corrected chi connectivity index (χ1v) is 11.2. The van der Waals surface area contributed by atoms with Crippen molar-refractivity contribution in [2.45, 2.75) is 19.3 Å². The van der Waals surface area contributed by atoms with Gasteiger partial charge in [-0.05, 0) is 35.9 Å². The number of pyridine rings is 1. The molecule has 34 heavy (non-hydrogen) atoms. The standard InChI is InChI=1S/C22H20ClF4N7/c23-15-4-5-16-14(6-15)7-31(13-22(25,26)27)8-19-29-30-20(34(16)19)33-11-21(12-33)9-32(10-21)18-3-1-2-17(24)28-18/h1-6H,7-13H2. The number of aromatic nitrogens is 4. The summed E-state index contributed by atoms with van der Waals surface area (Å²) in [6.45, 7) is 2.06. The van der Waals surface area contributed by atoms with E-state index in [0.29, 0.717) is 28.2 Å². The summed E-state index contributed by atoms with van der Waals surface area (Å²) >= 11 is 6.17. The second kappa shape index (κ2) is 7.54. The Morgan fingerprint density at radius 3 is 2.47 bits per heavy atom. The van der Waals surface area contributed by atoms with E-state index in [1.165, 1.54) is 11.0 Å². The van der Waals surface area contributed by atoms with Crippen molar-refractivity contribution < 1.29 is 17.6 Å². The maximum absolute atomic E-state index is 13.4. The molecule has 0 radical (unpaired) electrons. The first-order valence-electron chi connectivity index (χ1n) is 10.8. The van der Waals surface area contributed by atoms with Crippen LogP contribution in [-0.4, -0.2) is 63.5 Å². The minimum atomic E-state index is -4.33. The molecule has 6 rings (SSSR count). The molecule has 1 aromatic carbocycles. The molecule has 2 fully saturated rings. The average Bonchev–Trinajstić information content (AvgIpc) is 3.01. The first kappa shape index (κ1) is 21.6. The SMILES string of the molecule is Fc1cccc(N2CC3(C2)CN(c2nnc4n2-c2ccc(Cl)cc2CN(CC(F)(F)F)C4)C3)n1. The Labute approximate surface area is 197 Å². The summed E-state index contributed by atoms with van der Waals surface area (Å²) in [5, 5.41) is 9.07. The van der Waals surface area contributed by atoms with Crippen molar-refractivity contribution in [3.63, 3.8) is 0 Å². The maximum Gasteiger partial charge on any atom is 0.401 e. The molecule has 1 spiro atoms. The Hall–Kier alpha value is -2.92. The van der Waals surface area contributed by atoms with Crippen LogP contribution in [0.5, 0.6) is 0 Å². The lowest BCUT2D eigenvalue weighted by Gasteiger charge is -2.60. The van der Waals surface area contributed by atoms with Crippen molar-refractivity contribution in [3.8, 4) is 5.69 Å². The zero-order chi connectivity index (χ0) is 23.7. The Morgan fingerprint density at radius 2 is 1.74 bits per heavy atom. The molecule has 2 aromatic heterocycles. The lowest BCUT2D eigenvalue weighted by Crippen LogP contribution is -2.73. The molecule has 3 aliphatic rings. The fourth-order valence-electron chi connectivity index (χ4n) is 5.23. The summed E-state index contributed by atoms with van der Waals surface area (Å²) in [7, 11) is 0. The monoisotopic (exact) mass is 493 g/mol. The highest BCUT2D eigenvalue weighted by Gasteiger charge is 2.53. The van der Waals surface area contributed by atoms with Crippen LogP contribution in [0.4, 0.5) is 29.3 Å². The van der Waals surface area contributed by atoms with E-state index in [1.807, 2.05) is 9.47 Å². The molecule has 0 atom stereocenters. The van der Waals surface area contributed by atoms with E-state index in [4.69, 9.17) is 11.6 Å². The van der Waals surface area contributed by atoms with Crippen molar-refractivity contribution >= 4 is 23.4 Å². The smallest absolute Gasteiger partial charge is 0.355 e. The fourth-order valence-corrected chi connectivity index (χ4v) is 5.42. The number of fused-ring (bicyclic) bond motifs is 3. The molecule has 0 saturated carbocycles. The van der Waals surface area contributed by atoms with Crippen LogP contribution >= 0.6 is 11.6 Å². The summed E-state index contributed by atoms with van der Waals surface area (Å²) < 4.78 is 54.8. The average molecular weight is 494 g/mol. The van der Waals surface area contributed by atoms with Crippen LogP contribution in [0.25, 0.3) is 5.69 Å². The second-order valence-electron chi connectivity index (χ2n) is 9.32. The molecule has 5 heterocycles. The van der Waals surface area contributed by atoms with Crippen molar-refractivity contribution in [2.24, 2.45) is 5.41 Å². The summed E-state index contributed by atoms with van der Waals surface area (Å²) in [5.41, 5.74) is 1.49. The molecule has 7 nitrogen and oxygen atoms in total. The highest BCUT2D eigenvalue weighted by Crippen LogP contribution is 2.44. The predicted octanol–water partition coefficient (Wildman–Crippen LogP) is 3.66. The number of nitrogens with zero attached hydrogens (tertiary/aromatic N) is 7. The molecular formula is C22H20ClF4N7. The summed E-state index contributed by atoms with van der Waals surface area (Å²) in [4.78, 5) is 9.38. The highest BCUT2D eigenvalue weighted by atomic mass is 35.5. The molecule has 0 aliphatic carbocycles. The second-order valence-corrected chi connectivity index (χ2v) is 9.75. The van der Waals surface area contributed by atoms with E-state index < -0.39 is 18.7 Å². The Kier molecular flexibility index (Phi) is 4.79. The first-order chi connectivity index (χ1) is 16.2. The lowest BCUT2D eigenvalue weighted by molar-refractivity contribution is -0.148. The number of hydrogen-bond donors (Lipinski definition) is 0. The van der Waals surface area contributed by atoms with Gasteiger partial charge >= 0.3 is 6.18 Å². The Bertz CT molecular complexity index is 1250. The molecule has 178 valence electrons. The van der Waals surface area contributed by atoms with Gasteiger partial charge in [0.2, 0.25) is 11.9 Å². The van der Waals surface area contributed by atoms with Crippen molar-refractivity contribution in [1.29, 1.82) is 0 Å². The third-order valence-corrected chi connectivity index (χ3v) is 6.80. The number of anilines is 2. The van der Waals surface area contributed by atoms with Crippen molar-refractivity contribution in [1.82, 2.24) is 24.6 Å². The number of benzene rings is 1. The van der Waals surface area contributed by atoms with Gasteiger partial charge in [-0.1, -0.05) is 17.7 Å². The number of halogens is 5. The summed E-state index contributed by atoms with van der Waals surface area (Å²) in [5.74, 6) is 1.19. The van der Waals surface area contributed by atoms with Gasteiger partial charge < -0.3 is 9.80 Å². The van der Waals surface area contributed by atoms with E-state index in [1.54, 1.807) is 30.3 Å². The Balaban J connectivity index is 1.24. The minimum Gasteiger partial charge on any atom is -0.355 e. The van der Waals surface area contributed by atoms with Crippen molar-refractivity contribution in [2.75, 3.05) is 42.5 Å². The van der Waals surface area contributed by atoms with Gasteiger partial charge in [0.05, 0.1) is 18.8 Å². The van der Waals surface area contributed by atoms with Crippen molar-refractivity contribution in [3.05, 3.63) is 58.8 Å². The van der Waals surface area contributed by atoms with E-state index in [2.05, 4.69) is 20.1 Å². The van der Waals surface area contributed by atoms with E-state index in [9.17, 15) is 17.6 Å². The molecule has 0 amide bonds. The van der Waals surface area contributed by atoms with E-state index in [-0.39, 0.29) is 18.5 Å². The third-order valence-electron chi connectivity index (χ3n) is 6.57. The van der Waals surface area contributed by atoms with Gasteiger partial charge in [0.15, 0.2) is 5.82 Å². The molecule has 0 N–H and O–H groups in total. The zero-order valence-electron chi connectivity index (χ0n) is 17.9. The van der Waals surface area contributed by atoms with Gasteiger partial charge in [0.25, 0.3) is 0 Å². The predicted molar refractivity (Wildman–Crippen MR) is 118 cm³/mol. The lowest BCUT2D eigenvalue weighted by atomic mass is 9.73. The summed E-state index contributed by atoms with van der Waals surface area (Å²) in [6, 6.07) is 9.99. The number of alkyl halides is 3. The normalized spacial score (nSPS) is 19.3. The topological polar surface area (TPSA) is 53.3 Å². The maximum atomic E-state index is 13.4. The van der Waals surface area contributed by atoms with Gasteiger partial charge in [0, 0.05) is 43.2 Å². The van der Waals surface area contributed by atoms with Gasteiger partial charge in [-0.2, -0.15) is 17.6 Å². The van der Waals surface area contributed by atoms with Crippen LogP contribution in [0.15, 0.2) is 36.4 Å². The van der Waals surface area contributed by atoms with E-state index in [0.717, 1.165) is 31.9 Å². The van der Waals surface area contributed by atoms with E-state index >= 15 is 0 Å². The molecule has 0 unspecified atom stereocenters. The number of rotatable bonds is 3. The molecule has 2 saturated heterocycles. The highest BCUT2D eigenvalue weighted by molar-refractivity contribution is 6.30. The largest absolute Gasteiger partial charge is 0.401 e. The molecule has 3 aromatic rings. The van der Waals surface area contributed by atoms with Gasteiger partial charge in [-0.3, -0.25) is 9.47 Å². The van der Waals surface area contributed by atoms with Gasteiger partial charge in [0.1, 0.15) is 5.82 Å². The third kappa shape index (κ3) is 3.76. The quantitative estimate of drug-likeness (QED) is 0.410. The molecule has 3 aliphatic heterocycles. The molecule has 0 bridgehead atoms. The van der Waals surface area contributed by atoms with Gasteiger partial charge in [-0.15, -0.1) is 10.2 Å². The van der Waals surface area contributed by atoms with Crippen LogP contribution in [-0.2, 0) is 13.1 Å². The Morgan fingerprint density at radius 1 is 0.971 bits per heavy atom. The van der Waals surface area contributed by atoms with Crippen LogP contribution in [0.2, 0.25) is 5.02 Å². The summed E-state index contributed by atoms with van der Waals surface area (Å²) in [6.07, 6.45) is -4.33. The minimum absolute atomic E-state index is 0.0246. The zero-order valence-corrected chi connectivity index (χ0v) is 18.7. The fraction of sp³-hybridized carbons (Fsp3) is 0.409. The van der Waals surface area contributed by atoms with Crippen LogP contribution in [0.1, 0.15) is 11.4 Å². The van der Waals surface area contributed by atoms with Gasteiger partial charge in [-0.25, -0.2) is 4.98 Å². The van der Waals surface area contributed by atoms with Crippen LogP contribution < -0.4 is 9.80 Å². The van der Waals surface area contributed by atoms with Crippen LogP contribution in [0, 0.1) is 11.4 Å².